The third-order valence-corrected chi connectivity index (χ3v) is 5.17. The van der Waals surface area contributed by atoms with E-state index in [1.54, 1.807) is 13.0 Å². The molecule has 2 saturated carbocycles. The second-order valence-corrected chi connectivity index (χ2v) is 6.34. The summed E-state index contributed by atoms with van der Waals surface area (Å²) < 4.78 is 5.12. The lowest BCUT2D eigenvalue weighted by Gasteiger charge is -2.32. The molecule has 0 amide bonds. The van der Waals surface area contributed by atoms with Crippen LogP contribution in [0, 0.1) is 23.7 Å². The average molecular weight is 288 g/mol. The van der Waals surface area contributed by atoms with E-state index >= 15 is 0 Å². The van der Waals surface area contributed by atoms with Gasteiger partial charge in [0.25, 0.3) is 0 Å². The Morgan fingerprint density at radius 1 is 1.29 bits per heavy atom. The van der Waals surface area contributed by atoms with E-state index in [1.807, 2.05) is 13.8 Å². The van der Waals surface area contributed by atoms with Gasteiger partial charge in [0.05, 0.1) is 12.2 Å². The van der Waals surface area contributed by atoms with Crippen molar-refractivity contribution in [1.82, 2.24) is 0 Å². The normalized spacial score (nSPS) is 34.7. The number of carbonyl (C=O) groups excluding carboxylic acids is 3. The molecule has 21 heavy (non-hydrogen) atoms. The minimum Gasteiger partial charge on any atom is -0.462 e. The summed E-state index contributed by atoms with van der Waals surface area (Å²) in [4.78, 5) is 37.1. The van der Waals surface area contributed by atoms with Crippen LogP contribution in [0.2, 0.25) is 0 Å². The van der Waals surface area contributed by atoms with E-state index in [2.05, 4.69) is 0 Å². The Bertz CT molecular complexity index is 596. The molecule has 0 radical (unpaired) electrons. The van der Waals surface area contributed by atoms with E-state index in [0.717, 1.165) is 17.6 Å². The number of Topliss-reactive ketones (excluding diaryl/α,β-unsaturated/α-hetero) is 2. The summed E-state index contributed by atoms with van der Waals surface area (Å²) in [6, 6.07) is 0. The number of hydrogen-bond donors (Lipinski definition) is 0. The molecular formula is C17H20O4. The summed E-state index contributed by atoms with van der Waals surface area (Å²) in [7, 11) is 0. The van der Waals surface area contributed by atoms with Crippen LogP contribution in [0.5, 0.6) is 0 Å². The van der Waals surface area contributed by atoms with E-state index in [0.29, 0.717) is 18.6 Å². The van der Waals surface area contributed by atoms with Crippen LogP contribution in [0.25, 0.3) is 0 Å². The van der Waals surface area contributed by atoms with Crippen molar-refractivity contribution < 1.29 is 19.1 Å². The summed E-state index contributed by atoms with van der Waals surface area (Å²) in [6.45, 7) is 5.77. The van der Waals surface area contributed by atoms with Crippen molar-refractivity contribution in [3.8, 4) is 0 Å². The molecular weight excluding hydrogens is 268 g/mol. The van der Waals surface area contributed by atoms with E-state index in [1.165, 1.54) is 0 Å². The van der Waals surface area contributed by atoms with Crippen molar-refractivity contribution in [1.29, 1.82) is 0 Å². The molecule has 2 fully saturated rings. The fraction of sp³-hybridized carbons (Fsp3) is 0.588. The first-order valence-electron chi connectivity index (χ1n) is 7.58. The molecule has 0 aromatic rings. The van der Waals surface area contributed by atoms with Crippen LogP contribution in [-0.2, 0) is 19.1 Å². The molecule has 4 nitrogen and oxygen atoms in total. The van der Waals surface area contributed by atoms with Crippen LogP contribution in [0.1, 0.15) is 33.6 Å². The van der Waals surface area contributed by atoms with Gasteiger partial charge in [-0.1, -0.05) is 5.57 Å². The lowest BCUT2D eigenvalue weighted by Crippen LogP contribution is -2.37. The molecule has 0 aromatic carbocycles. The number of ketones is 2. The highest BCUT2D eigenvalue weighted by Gasteiger charge is 2.54. The number of esters is 1. The number of fused-ring (bicyclic) bond motifs is 6. The summed E-state index contributed by atoms with van der Waals surface area (Å²) in [5.74, 6) is -0.793. The van der Waals surface area contributed by atoms with Gasteiger partial charge in [0.2, 0.25) is 0 Å². The van der Waals surface area contributed by atoms with Gasteiger partial charge < -0.3 is 4.74 Å². The lowest BCUT2D eigenvalue weighted by atomic mass is 9.69. The maximum atomic E-state index is 12.8. The molecule has 0 heterocycles. The van der Waals surface area contributed by atoms with Crippen molar-refractivity contribution in [2.24, 2.45) is 23.7 Å². The predicted molar refractivity (Wildman–Crippen MR) is 76.3 cm³/mol. The zero-order chi connectivity index (χ0) is 15.3. The highest BCUT2D eigenvalue weighted by Crippen LogP contribution is 2.51. The standard InChI is InChI=1S/C17H20O4/c1-4-21-17(20)11-5-8(2)14-12-6-10(7-13(12)18)15(9(11)3)16(14)19/h5,10,12,14-15H,4,6-7H2,1-3H3/t10-,12+,14-,15+/m1/s1. The number of ether oxygens (including phenoxy) is 1. The fourth-order valence-electron chi connectivity index (χ4n) is 4.29. The van der Waals surface area contributed by atoms with Crippen LogP contribution in [0.3, 0.4) is 0 Å². The van der Waals surface area contributed by atoms with E-state index < -0.39 is 0 Å². The summed E-state index contributed by atoms with van der Waals surface area (Å²) in [5, 5.41) is 0. The lowest BCUT2D eigenvalue weighted by molar-refractivity contribution is -0.138. The van der Waals surface area contributed by atoms with Crippen LogP contribution >= 0.6 is 0 Å². The monoisotopic (exact) mass is 288 g/mol. The molecule has 0 N–H and O–H groups in total. The van der Waals surface area contributed by atoms with Gasteiger partial charge in [-0.05, 0) is 44.8 Å². The van der Waals surface area contributed by atoms with E-state index in [9.17, 15) is 14.4 Å². The number of rotatable bonds is 2. The highest BCUT2D eigenvalue weighted by atomic mass is 16.5. The van der Waals surface area contributed by atoms with Crippen molar-refractivity contribution in [3.63, 3.8) is 0 Å². The molecule has 0 saturated heterocycles. The van der Waals surface area contributed by atoms with Crippen LogP contribution < -0.4 is 0 Å². The summed E-state index contributed by atoms with van der Waals surface area (Å²) >= 11 is 0. The fourth-order valence-corrected chi connectivity index (χ4v) is 4.29. The second kappa shape index (κ2) is 4.93. The van der Waals surface area contributed by atoms with Crippen molar-refractivity contribution in [2.45, 2.75) is 33.6 Å². The Kier molecular flexibility index (Phi) is 3.34. The van der Waals surface area contributed by atoms with Gasteiger partial charge in [0.1, 0.15) is 11.6 Å². The van der Waals surface area contributed by atoms with Gasteiger partial charge in [-0.2, -0.15) is 0 Å². The summed E-state index contributed by atoms with van der Waals surface area (Å²) in [6.07, 6.45) is 3.01. The smallest absolute Gasteiger partial charge is 0.338 e. The molecule has 0 aromatic heterocycles. The molecule has 3 rings (SSSR count). The molecule has 3 aliphatic rings. The van der Waals surface area contributed by atoms with Gasteiger partial charge in [-0.15, -0.1) is 0 Å². The molecule has 0 aliphatic heterocycles. The third kappa shape index (κ3) is 2.00. The Hall–Kier alpha value is -1.71. The third-order valence-electron chi connectivity index (χ3n) is 5.17. The topological polar surface area (TPSA) is 60.4 Å². The summed E-state index contributed by atoms with van der Waals surface area (Å²) in [5.41, 5.74) is 2.11. The van der Waals surface area contributed by atoms with Crippen molar-refractivity contribution >= 4 is 17.5 Å². The first-order chi connectivity index (χ1) is 9.95. The maximum absolute atomic E-state index is 12.8. The predicted octanol–water partition coefficient (Wildman–Crippen LogP) is 2.24. The van der Waals surface area contributed by atoms with Gasteiger partial charge in [-0.25, -0.2) is 4.79 Å². The van der Waals surface area contributed by atoms with Gasteiger partial charge in [0.15, 0.2) is 0 Å². The highest BCUT2D eigenvalue weighted by molar-refractivity contribution is 6.02. The van der Waals surface area contributed by atoms with Crippen LogP contribution in [0.4, 0.5) is 0 Å². The van der Waals surface area contributed by atoms with Crippen LogP contribution in [0.15, 0.2) is 22.8 Å². The SMILES string of the molecule is CCOC(=O)C1=C(C)[C@@H]2C(=O)[C@H](C(C)=C1)[C@H]1C[C@@H]2CC1=O. The van der Waals surface area contributed by atoms with Crippen molar-refractivity contribution in [2.75, 3.05) is 6.61 Å². The van der Waals surface area contributed by atoms with E-state index in [4.69, 9.17) is 4.74 Å². The zero-order valence-corrected chi connectivity index (χ0v) is 12.6. The second-order valence-electron chi connectivity index (χ2n) is 6.34. The van der Waals surface area contributed by atoms with Gasteiger partial charge in [0, 0.05) is 24.2 Å². The molecule has 4 atom stereocenters. The maximum Gasteiger partial charge on any atom is 0.338 e. The number of carbonyl (C=O) groups is 3. The quantitative estimate of drug-likeness (QED) is 0.731. The first kappa shape index (κ1) is 14.2. The van der Waals surface area contributed by atoms with Crippen LogP contribution in [-0.4, -0.2) is 24.1 Å². The molecule has 4 heteroatoms. The minimum atomic E-state index is -0.364. The Labute approximate surface area is 124 Å². The van der Waals surface area contributed by atoms with Crippen molar-refractivity contribution in [3.05, 3.63) is 22.8 Å². The zero-order valence-electron chi connectivity index (χ0n) is 12.6. The molecule has 3 aliphatic carbocycles. The Morgan fingerprint density at radius 3 is 2.67 bits per heavy atom. The Balaban J connectivity index is 2.11. The van der Waals surface area contributed by atoms with Gasteiger partial charge in [-0.3, -0.25) is 9.59 Å². The average Bonchev–Trinajstić information content (AvgIpc) is 2.70. The molecule has 112 valence electrons. The molecule has 0 unspecified atom stereocenters. The largest absolute Gasteiger partial charge is 0.462 e. The Morgan fingerprint density at radius 2 is 2.00 bits per heavy atom. The number of hydrogen-bond acceptors (Lipinski definition) is 4. The number of allylic oxidation sites excluding steroid dienone is 2. The molecule has 4 bridgehead atoms. The first-order valence-corrected chi connectivity index (χ1v) is 7.58. The van der Waals surface area contributed by atoms with E-state index in [-0.39, 0.29) is 41.2 Å². The van der Waals surface area contributed by atoms with Gasteiger partial charge >= 0.3 is 5.97 Å². The molecule has 0 spiro atoms. The minimum absolute atomic E-state index is 0.0648.